The fourth-order valence-corrected chi connectivity index (χ4v) is 1.32. The molecule has 2 aromatic rings. The van der Waals surface area contributed by atoms with Gasteiger partial charge in [-0.3, -0.25) is 4.79 Å². The Kier molecular flexibility index (Phi) is 3.26. The molecule has 2 rings (SSSR count). The van der Waals surface area contributed by atoms with Gasteiger partial charge < -0.3 is 9.88 Å². The molecular formula is C10H9F2N5O. The lowest BCUT2D eigenvalue weighted by molar-refractivity contribution is 0.0944. The van der Waals surface area contributed by atoms with Gasteiger partial charge in [-0.25, -0.2) is 9.37 Å². The van der Waals surface area contributed by atoms with Crippen LogP contribution in [0, 0.1) is 11.8 Å². The molecule has 1 amide bonds. The first-order valence-corrected chi connectivity index (χ1v) is 5.00. The third-order valence-corrected chi connectivity index (χ3v) is 2.30. The number of rotatable bonds is 3. The average molecular weight is 253 g/mol. The maximum absolute atomic E-state index is 13.3. The van der Waals surface area contributed by atoms with E-state index >= 15 is 0 Å². The van der Waals surface area contributed by atoms with Crippen molar-refractivity contribution in [1.29, 1.82) is 0 Å². The molecule has 0 saturated heterocycles. The molecule has 0 aliphatic carbocycles. The second-order valence-corrected chi connectivity index (χ2v) is 3.50. The van der Waals surface area contributed by atoms with Crippen molar-refractivity contribution in [3.05, 3.63) is 41.7 Å². The van der Waals surface area contributed by atoms with E-state index in [0.717, 1.165) is 12.3 Å². The summed E-state index contributed by atoms with van der Waals surface area (Å²) in [5.41, 5.74) is -0.398. The molecule has 18 heavy (non-hydrogen) atoms. The van der Waals surface area contributed by atoms with Crippen LogP contribution < -0.4 is 5.32 Å². The number of pyridine rings is 1. The van der Waals surface area contributed by atoms with E-state index in [4.69, 9.17) is 0 Å². The molecule has 0 aromatic carbocycles. The lowest BCUT2D eigenvalue weighted by Crippen LogP contribution is -2.25. The van der Waals surface area contributed by atoms with Gasteiger partial charge in [0.25, 0.3) is 5.91 Å². The summed E-state index contributed by atoms with van der Waals surface area (Å²) in [4.78, 5) is 14.7. The van der Waals surface area contributed by atoms with E-state index in [2.05, 4.69) is 20.5 Å². The molecule has 8 heteroatoms. The van der Waals surface area contributed by atoms with Gasteiger partial charge in [0.15, 0.2) is 11.6 Å². The molecule has 0 unspecified atom stereocenters. The topological polar surface area (TPSA) is 72.7 Å². The van der Waals surface area contributed by atoms with Crippen LogP contribution in [0.4, 0.5) is 8.78 Å². The van der Waals surface area contributed by atoms with Crippen LogP contribution in [0.5, 0.6) is 0 Å². The summed E-state index contributed by atoms with van der Waals surface area (Å²) in [6, 6.07) is 1.10. The van der Waals surface area contributed by atoms with Gasteiger partial charge in [0.1, 0.15) is 6.33 Å². The van der Waals surface area contributed by atoms with Crippen LogP contribution in [-0.2, 0) is 13.6 Å². The first-order chi connectivity index (χ1) is 8.59. The summed E-state index contributed by atoms with van der Waals surface area (Å²) in [6.45, 7) is 0.0682. The van der Waals surface area contributed by atoms with Crippen LogP contribution in [-0.4, -0.2) is 25.7 Å². The van der Waals surface area contributed by atoms with E-state index < -0.39 is 23.2 Å². The summed E-state index contributed by atoms with van der Waals surface area (Å²) in [5.74, 6) is -2.82. The fraction of sp³-hybridized carbons (Fsp3) is 0.200. The zero-order chi connectivity index (χ0) is 13.1. The highest BCUT2D eigenvalue weighted by molar-refractivity contribution is 5.94. The van der Waals surface area contributed by atoms with Gasteiger partial charge in [0.2, 0.25) is 5.95 Å². The van der Waals surface area contributed by atoms with Crippen molar-refractivity contribution in [3.63, 3.8) is 0 Å². The first kappa shape index (κ1) is 12.1. The second kappa shape index (κ2) is 4.86. The molecule has 94 valence electrons. The Morgan fingerprint density at radius 3 is 2.94 bits per heavy atom. The molecule has 0 aliphatic heterocycles. The Labute approximate surface area is 101 Å². The maximum Gasteiger partial charge on any atom is 0.254 e. The quantitative estimate of drug-likeness (QED) is 0.804. The molecule has 2 aromatic heterocycles. The third kappa shape index (κ3) is 2.31. The first-order valence-electron chi connectivity index (χ1n) is 5.00. The number of nitrogens with one attached hydrogen (secondary N) is 1. The summed E-state index contributed by atoms with van der Waals surface area (Å²) in [5, 5.41) is 9.77. The fourth-order valence-electron chi connectivity index (χ4n) is 1.32. The Bertz CT molecular complexity index is 583. The zero-order valence-electron chi connectivity index (χ0n) is 9.39. The Morgan fingerprint density at radius 1 is 1.50 bits per heavy atom. The minimum absolute atomic E-state index is 0.0682. The van der Waals surface area contributed by atoms with Crippen molar-refractivity contribution in [2.75, 3.05) is 0 Å². The Balaban J connectivity index is 2.09. The number of carbonyl (C=O) groups is 1. The van der Waals surface area contributed by atoms with Crippen LogP contribution in [0.2, 0.25) is 0 Å². The summed E-state index contributed by atoms with van der Waals surface area (Å²) in [7, 11) is 1.70. The smallest absolute Gasteiger partial charge is 0.254 e. The highest BCUT2D eigenvalue weighted by atomic mass is 19.2. The number of carbonyl (C=O) groups excluding carboxylic acids is 1. The molecule has 0 bridgehead atoms. The van der Waals surface area contributed by atoms with Gasteiger partial charge in [-0.05, 0) is 6.07 Å². The van der Waals surface area contributed by atoms with Gasteiger partial charge >= 0.3 is 0 Å². The lowest BCUT2D eigenvalue weighted by atomic mass is 10.2. The lowest BCUT2D eigenvalue weighted by Gasteiger charge is -2.05. The largest absolute Gasteiger partial charge is 0.345 e. The van der Waals surface area contributed by atoms with E-state index in [1.165, 1.54) is 6.33 Å². The van der Waals surface area contributed by atoms with Gasteiger partial charge in [0.05, 0.1) is 12.1 Å². The van der Waals surface area contributed by atoms with Gasteiger partial charge in [-0.15, -0.1) is 10.2 Å². The van der Waals surface area contributed by atoms with Crippen molar-refractivity contribution in [3.8, 4) is 0 Å². The molecule has 0 saturated carbocycles. The number of hydrogen-bond donors (Lipinski definition) is 1. The molecule has 1 N–H and O–H groups in total. The van der Waals surface area contributed by atoms with Crippen LogP contribution in [0.3, 0.4) is 0 Å². The average Bonchev–Trinajstić information content (AvgIpc) is 2.75. The summed E-state index contributed by atoms with van der Waals surface area (Å²) >= 11 is 0. The number of halogens is 2. The number of aromatic nitrogens is 4. The van der Waals surface area contributed by atoms with E-state index in [9.17, 15) is 13.6 Å². The number of hydrogen-bond acceptors (Lipinski definition) is 4. The molecule has 0 aliphatic rings. The monoisotopic (exact) mass is 253 g/mol. The van der Waals surface area contributed by atoms with Crippen LogP contribution in [0.25, 0.3) is 0 Å². The van der Waals surface area contributed by atoms with Gasteiger partial charge in [0, 0.05) is 13.2 Å². The van der Waals surface area contributed by atoms with E-state index in [-0.39, 0.29) is 6.54 Å². The summed E-state index contributed by atoms with van der Waals surface area (Å²) in [6.07, 6.45) is 2.49. The number of amides is 1. The standard InChI is InChI=1S/C10H9F2N5O/c1-17-5-15-16-7(17)4-14-10(18)6-2-3-13-9(12)8(6)11/h2-3,5H,4H2,1H3,(H,14,18). The second-order valence-electron chi connectivity index (χ2n) is 3.50. The molecular weight excluding hydrogens is 244 g/mol. The normalized spacial score (nSPS) is 10.4. The molecule has 0 radical (unpaired) electrons. The Hall–Kier alpha value is -2.38. The highest BCUT2D eigenvalue weighted by Gasteiger charge is 2.16. The predicted molar refractivity (Wildman–Crippen MR) is 56.3 cm³/mol. The number of aryl methyl sites for hydroxylation is 1. The van der Waals surface area contributed by atoms with Gasteiger partial charge in [-0.1, -0.05) is 0 Å². The molecule has 0 atom stereocenters. The molecule has 6 nitrogen and oxygen atoms in total. The minimum Gasteiger partial charge on any atom is -0.345 e. The van der Waals surface area contributed by atoms with Gasteiger partial charge in [-0.2, -0.15) is 4.39 Å². The Morgan fingerprint density at radius 2 is 2.28 bits per heavy atom. The molecule has 0 fully saturated rings. The number of nitrogens with zero attached hydrogens (tertiary/aromatic N) is 4. The van der Waals surface area contributed by atoms with E-state index in [0.29, 0.717) is 5.82 Å². The third-order valence-electron chi connectivity index (χ3n) is 2.30. The van der Waals surface area contributed by atoms with E-state index in [1.54, 1.807) is 11.6 Å². The van der Waals surface area contributed by atoms with Crippen LogP contribution >= 0.6 is 0 Å². The van der Waals surface area contributed by atoms with Crippen molar-refractivity contribution >= 4 is 5.91 Å². The predicted octanol–water partition coefficient (Wildman–Crippen LogP) is 0.418. The van der Waals surface area contributed by atoms with E-state index in [1.807, 2.05) is 0 Å². The van der Waals surface area contributed by atoms with Crippen LogP contribution in [0.1, 0.15) is 16.2 Å². The van der Waals surface area contributed by atoms with Crippen molar-refractivity contribution in [1.82, 2.24) is 25.1 Å². The van der Waals surface area contributed by atoms with Crippen molar-refractivity contribution in [2.24, 2.45) is 7.05 Å². The molecule has 2 heterocycles. The summed E-state index contributed by atoms with van der Waals surface area (Å²) < 4.78 is 27.7. The highest BCUT2D eigenvalue weighted by Crippen LogP contribution is 2.08. The maximum atomic E-state index is 13.3. The molecule has 0 spiro atoms. The van der Waals surface area contributed by atoms with Crippen molar-refractivity contribution in [2.45, 2.75) is 6.54 Å². The van der Waals surface area contributed by atoms with Crippen molar-refractivity contribution < 1.29 is 13.6 Å². The van der Waals surface area contributed by atoms with Crippen LogP contribution in [0.15, 0.2) is 18.6 Å². The SMILES string of the molecule is Cn1cnnc1CNC(=O)c1ccnc(F)c1F. The zero-order valence-corrected chi connectivity index (χ0v) is 9.39. The minimum atomic E-state index is -1.30.